The van der Waals surface area contributed by atoms with E-state index in [1.54, 1.807) is 6.20 Å². The Hall–Kier alpha value is -3.44. The Morgan fingerprint density at radius 2 is 1.79 bits per heavy atom. The van der Waals surface area contributed by atoms with E-state index in [1.165, 1.54) is 6.08 Å². The largest absolute Gasteiger partial charge is 0.438 e. The molecule has 0 spiro atoms. The van der Waals surface area contributed by atoms with Crippen LogP contribution in [-0.2, 0) is 16.8 Å². The maximum absolute atomic E-state index is 12.2. The molecule has 1 aromatic heterocycles. The Labute approximate surface area is 203 Å². The molecule has 0 fully saturated rings. The van der Waals surface area contributed by atoms with Crippen LogP contribution in [0.3, 0.4) is 0 Å². The van der Waals surface area contributed by atoms with Gasteiger partial charge in [0, 0.05) is 35.1 Å². The number of rotatable bonds is 9. The molecule has 0 unspecified atom stereocenters. The zero-order valence-electron chi connectivity index (χ0n) is 20.9. The van der Waals surface area contributed by atoms with Crippen molar-refractivity contribution in [2.45, 2.75) is 46.6 Å². The number of anilines is 1. The second-order valence-electron chi connectivity index (χ2n) is 9.24. The third-order valence-corrected chi connectivity index (χ3v) is 5.79. The number of carbonyl (C=O) groups is 1. The molecule has 0 aliphatic carbocycles. The Bertz CT molecular complexity index is 1140. The van der Waals surface area contributed by atoms with Gasteiger partial charge in [-0.25, -0.2) is 4.98 Å². The summed E-state index contributed by atoms with van der Waals surface area (Å²) in [5.74, 6) is 1.00. The predicted molar refractivity (Wildman–Crippen MR) is 140 cm³/mol. The molecule has 34 heavy (non-hydrogen) atoms. The molecule has 0 atom stereocenters. The third-order valence-electron chi connectivity index (χ3n) is 5.79. The molecule has 3 aromatic rings. The van der Waals surface area contributed by atoms with Gasteiger partial charge in [-0.2, -0.15) is 0 Å². The molecule has 1 N–H and O–H groups in total. The van der Waals surface area contributed by atoms with Gasteiger partial charge in [0.05, 0.1) is 0 Å². The maximum atomic E-state index is 12.2. The van der Waals surface area contributed by atoms with Crippen molar-refractivity contribution >= 4 is 11.6 Å². The van der Waals surface area contributed by atoms with Gasteiger partial charge in [0.2, 0.25) is 11.8 Å². The van der Waals surface area contributed by atoms with Crippen molar-refractivity contribution in [3.05, 3.63) is 84.6 Å². The number of aromatic nitrogens is 1. The molecule has 0 saturated carbocycles. The van der Waals surface area contributed by atoms with Crippen molar-refractivity contribution in [2.75, 3.05) is 18.4 Å². The van der Waals surface area contributed by atoms with Crippen LogP contribution in [0.15, 0.2) is 73.4 Å². The van der Waals surface area contributed by atoms with Crippen LogP contribution < -0.4 is 10.1 Å². The SMILES string of the molecule is C=CC(=O)Nc1ccc(CN(CC)CC)cc1-c1cccnc1Oc1ccccc1C(C)(C)C. The topological polar surface area (TPSA) is 54.5 Å². The molecule has 0 radical (unpaired) electrons. The average Bonchev–Trinajstić information content (AvgIpc) is 2.83. The third kappa shape index (κ3) is 6.12. The van der Waals surface area contributed by atoms with Crippen LogP contribution in [0, 0.1) is 0 Å². The minimum Gasteiger partial charge on any atom is -0.438 e. The van der Waals surface area contributed by atoms with Crippen LogP contribution in [0.25, 0.3) is 11.1 Å². The van der Waals surface area contributed by atoms with Crippen molar-refractivity contribution in [1.29, 1.82) is 0 Å². The summed E-state index contributed by atoms with van der Waals surface area (Å²) in [6.45, 7) is 17.1. The van der Waals surface area contributed by atoms with Gasteiger partial charge in [-0.15, -0.1) is 0 Å². The normalized spacial score (nSPS) is 11.4. The molecule has 5 nitrogen and oxygen atoms in total. The maximum Gasteiger partial charge on any atom is 0.247 e. The Balaban J connectivity index is 2.10. The number of pyridine rings is 1. The smallest absolute Gasteiger partial charge is 0.247 e. The summed E-state index contributed by atoms with van der Waals surface area (Å²) in [6.07, 6.45) is 2.99. The fourth-order valence-corrected chi connectivity index (χ4v) is 3.87. The van der Waals surface area contributed by atoms with E-state index in [0.29, 0.717) is 11.6 Å². The fraction of sp³-hybridized carbons (Fsp3) is 0.310. The minimum absolute atomic E-state index is 0.0850. The van der Waals surface area contributed by atoms with Crippen LogP contribution in [0.4, 0.5) is 5.69 Å². The molecule has 1 amide bonds. The number of amides is 1. The van der Waals surface area contributed by atoms with Gasteiger partial charge >= 0.3 is 0 Å². The lowest BCUT2D eigenvalue weighted by Gasteiger charge is -2.23. The minimum atomic E-state index is -0.262. The lowest BCUT2D eigenvalue weighted by Crippen LogP contribution is -2.22. The molecular weight excluding hydrogens is 422 g/mol. The number of hydrogen-bond acceptors (Lipinski definition) is 4. The molecule has 178 valence electrons. The van der Waals surface area contributed by atoms with Crippen molar-refractivity contribution in [1.82, 2.24) is 9.88 Å². The first-order valence-corrected chi connectivity index (χ1v) is 11.8. The van der Waals surface area contributed by atoms with Crippen LogP contribution in [0.2, 0.25) is 0 Å². The summed E-state index contributed by atoms with van der Waals surface area (Å²) in [7, 11) is 0. The number of hydrogen-bond donors (Lipinski definition) is 1. The quantitative estimate of drug-likeness (QED) is 0.359. The van der Waals surface area contributed by atoms with Crippen LogP contribution in [-0.4, -0.2) is 28.9 Å². The van der Waals surface area contributed by atoms with E-state index in [4.69, 9.17) is 4.74 Å². The van der Waals surface area contributed by atoms with Gasteiger partial charge in [-0.05, 0) is 60.5 Å². The van der Waals surface area contributed by atoms with Crippen LogP contribution in [0.5, 0.6) is 11.6 Å². The highest BCUT2D eigenvalue weighted by Gasteiger charge is 2.21. The number of nitrogens with one attached hydrogen (secondary N) is 1. The van der Waals surface area contributed by atoms with E-state index in [-0.39, 0.29) is 11.3 Å². The first-order chi connectivity index (χ1) is 16.3. The van der Waals surface area contributed by atoms with Crippen molar-refractivity contribution in [3.63, 3.8) is 0 Å². The number of benzene rings is 2. The average molecular weight is 458 g/mol. The predicted octanol–water partition coefficient (Wildman–Crippen LogP) is 6.80. The van der Waals surface area contributed by atoms with E-state index < -0.39 is 0 Å². The van der Waals surface area contributed by atoms with Gasteiger partial charge in [0.25, 0.3) is 0 Å². The lowest BCUT2D eigenvalue weighted by molar-refractivity contribution is -0.111. The summed E-state index contributed by atoms with van der Waals surface area (Å²) in [6, 6.07) is 18.0. The Kier molecular flexibility index (Phi) is 8.24. The molecule has 0 saturated heterocycles. The first kappa shape index (κ1) is 25.2. The van der Waals surface area contributed by atoms with Crippen LogP contribution >= 0.6 is 0 Å². The molecule has 3 rings (SSSR count). The Morgan fingerprint density at radius 1 is 1.06 bits per heavy atom. The van der Waals surface area contributed by atoms with E-state index in [2.05, 4.69) is 68.5 Å². The number of ether oxygens (including phenoxy) is 1. The van der Waals surface area contributed by atoms with Crippen LogP contribution in [0.1, 0.15) is 45.7 Å². The number of nitrogens with zero attached hydrogens (tertiary/aromatic N) is 2. The van der Waals surface area contributed by atoms with Crippen molar-refractivity contribution in [2.24, 2.45) is 0 Å². The summed E-state index contributed by atoms with van der Waals surface area (Å²) in [5, 5.41) is 2.94. The second kappa shape index (κ2) is 11.1. The molecule has 5 heteroatoms. The zero-order chi connectivity index (χ0) is 24.7. The van der Waals surface area contributed by atoms with E-state index in [9.17, 15) is 4.79 Å². The van der Waals surface area contributed by atoms with Crippen molar-refractivity contribution in [3.8, 4) is 22.8 Å². The molecule has 0 aliphatic heterocycles. The molecular formula is C29H35N3O2. The lowest BCUT2D eigenvalue weighted by atomic mass is 9.86. The van der Waals surface area contributed by atoms with Gasteiger partial charge in [0.1, 0.15) is 5.75 Å². The molecule has 0 bridgehead atoms. The van der Waals surface area contributed by atoms with E-state index in [1.807, 2.05) is 42.5 Å². The van der Waals surface area contributed by atoms with Crippen molar-refractivity contribution < 1.29 is 9.53 Å². The fourth-order valence-electron chi connectivity index (χ4n) is 3.87. The van der Waals surface area contributed by atoms with Gasteiger partial charge in [-0.3, -0.25) is 9.69 Å². The summed E-state index contributed by atoms with van der Waals surface area (Å²) in [4.78, 5) is 19.1. The second-order valence-corrected chi connectivity index (χ2v) is 9.24. The number of para-hydroxylation sites is 1. The first-order valence-electron chi connectivity index (χ1n) is 11.8. The summed E-state index contributed by atoms with van der Waals surface area (Å²) < 4.78 is 6.42. The molecule has 0 aliphatic rings. The van der Waals surface area contributed by atoms with Gasteiger partial charge < -0.3 is 10.1 Å². The van der Waals surface area contributed by atoms with E-state index >= 15 is 0 Å². The highest BCUT2D eigenvalue weighted by molar-refractivity contribution is 6.02. The summed E-state index contributed by atoms with van der Waals surface area (Å²) >= 11 is 0. The van der Waals surface area contributed by atoms with Gasteiger partial charge in [0.15, 0.2) is 0 Å². The highest BCUT2D eigenvalue weighted by atomic mass is 16.5. The Morgan fingerprint density at radius 3 is 2.47 bits per heavy atom. The van der Waals surface area contributed by atoms with Gasteiger partial charge in [-0.1, -0.05) is 65.5 Å². The van der Waals surface area contributed by atoms with E-state index in [0.717, 1.165) is 47.6 Å². The highest BCUT2D eigenvalue weighted by Crippen LogP contribution is 2.39. The zero-order valence-corrected chi connectivity index (χ0v) is 20.9. The number of carbonyl (C=O) groups excluding carboxylic acids is 1. The molecule has 2 aromatic carbocycles. The molecule has 1 heterocycles. The monoisotopic (exact) mass is 457 g/mol. The summed E-state index contributed by atoms with van der Waals surface area (Å²) in [5.41, 5.74) is 4.53. The standard InChI is InChI=1S/C29H35N3O2/c1-7-27(33)31-25-17-16-21(20-32(8-2)9-3)19-23(25)22-13-12-18-30-28(22)34-26-15-11-10-14-24(26)29(4,5)6/h7,10-19H,1,8-9,20H2,2-6H3,(H,31,33).